The number of fused-ring (bicyclic) bond motifs is 1. The Morgan fingerprint density at radius 3 is 2.59 bits per heavy atom. The van der Waals surface area contributed by atoms with Crippen LogP contribution < -0.4 is 10.2 Å². The highest BCUT2D eigenvalue weighted by atomic mass is 16.5. The molecule has 1 aliphatic carbocycles. The molecule has 1 aliphatic rings. The van der Waals surface area contributed by atoms with Crippen molar-refractivity contribution < 1.29 is 14.3 Å². The van der Waals surface area contributed by atoms with Crippen LogP contribution in [0, 0.1) is 12.8 Å². The Balaban J connectivity index is 1.55. The Morgan fingerprint density at radius 2 is 1.84 bits per heavy atom. The van der Waals surface area contributed by atoms with Crippen molar-refractivity contribution in [1.29, 1.82) is 0 Å². The van der Waals surface area contributed by atoms with E-state index in [1.165, 1.54) is 37.7 Å². The van der Waals surface area contributed by atoms with Gasteiger partial charge in [-0.3, -0.25) is 9.69 Å². The van der Waals surface area contributed by atoms with Crippen molar-refractivity contribution in [2.45, 2.75) is 52.1 Å². The van der Waals surface area contributed by atoms with Crippen molar-refractivity contribution in [1.82, 2.24) is 4.90 Å². The van der Waals surface area contributed by atoms with Crippen LogP contribution in [0.1, 0.15) is 48.8 Å². The lowest BCUT2D eigenvalue weighted by Gasteiger charge is -2.22. The number of hydrogen-bond acceptors (Lipinski definition) is 5. The van der Waals surface area contributed by atoms with Crippen LogP contribution in [0.2, 0.25) is 0 Å². The minimum atomic E-state index is -0.0580. The Labute approximate surface area is 189 Å². The normalized spacial score (nSPS) is 14.8. The van der Waals surface area contributed by atoms with E-state index >= 15 is 0 Å². The number of aryl methyl sites for hydroxylation is 1. The van der Waals surface area contributed by atoms with Crippen LogP contribution in [0.25, 0.3) is 11.0 Å². The highest BCUT2D eigenvalue weighted by molar-refractivity contribution is 5.83. The van der Waals surface area contributed by atoms with E-state index in [0.717, 1.165) is 5.56 Å². The Morgan fingerprint density at radius 1 is 1.06 bits per heavy atom. The van der Waals surface area contributed by atoms with Gasteiger partial charge in [0.15, 0.2) is 0 Å². The summed E-state index contributed by atoms with van der Waals surface area (Å²) in [6.45, 7) is 4.27. The van der Waals surface area contributed by atoms with E-state index in [1.807, 2.05) is 18.2 Å². The molecule has 0 saturated heterocycles. The first-order chi connectivity index (χ1) is 15.6. The van der Waals surface area contributed by atoms with Gasteiger partial charge in [0.25, 0.3) is 0 Å². The number of ether oxygens (including phenoxy) is 1. The fourth-order valence-corrected chi connectivity index (χ4v) is 4.52. The summed E-state index contributed by atoms with van der Waals surface area (Å²) in [7, 11) is 0. The lowest BCUT2D eigenvalue weighted by Crippen LogP contribution is -2.28. The van der Waals surface area contributed by atoms with E-state index < -0.39 is 0 Å². The molecule has 0 atom stereocenters. The SMILES string of the molecule is Cc1ccc(CN(CCO)Cc2coc3cccc(OCC4CCCCC4)c3c2=O)cc1. The lowest BCUT2D eigenvalue weighted by molar-refractivity contribution is 0.183. The van der Waals surface area contributed by atoms with Crippen molar-refractivity contribution in [3.8, 4) is 5.75 Å². The zero-order chi connectivity index (χ0) is 22.3. The molecule has 0 amide bonds. The molecule has 170 valence electrons. The molecule has 0 spiro atoms. The molecule has 0 unspecified atom stereocenters. The summed E-state index contributed by atoms with van der Waals surface area (Å²) in [4.78, 5) is 15.5. The fraction of sp³-hybridized carbons (Fsp3) is 0.444. The van der Waals surface area contributed by atoms with Crippen LogP contribution in [0.3, 0.4) is 0 Å². The standard InChI is InChI=1S/C27H33NO4/c1-20-10-12-21(13-11-20)16-28(14-15-29)17-23-19-32-25-9-5-8-24(26(25)27(23)30)31-18-22-6-3-2-4-7-22/h5,8-13,19,22,29H,2-4,6-7,14-18H2,1H3. The van der Waals surface area contributed by atoms with E-state index in [1.54, 1.807) is 6.26 Å². The molecule has 0 aliphatic heterocycles. The van der Waals surface area contributed by atoms with Crippen LogP contribution in [0.15, 0.2) is 57.9 Å². The van der Waals surface area contributed by atoms with Crippen LogP contribution in [-0.4, -0.2) is 29.8 Å². The Kier molecular flexibility index (Phi) is 7.61. The molecular formula is C27H33NO4. The van der Waals surface area contributed by atoms with Gasteiger partial charge in [0, 0.05) is 25.2 Å². The maximum atomic E-state index is 13.4. The van der Waals surface area contributed by atoms with Gasteiger partial charge >= 0.3 is 0 Å². The van der Waals surface area contributed by atoms with Crippen LogP contribution in [-0.2, 0) is 13.1 Å². The Bertz CT molecular complexity index is 1070. The summed E-state index contributed by atoms with van der Waals surface area (Å²) in [5.41, 5.74) is 3.42. The number of benzene rings is 2. The minimum absolute atomic E-state index is 0.0283. The second kappa shape index (κ2) is 10.8. The maximum Gasteiger partial charge on any atom is 0.200 e. The van der Waals surface area contributed by atoms with Crippen molar-refractivity contribution in [3.05, 3.63) is 75.6 Å². The van der Waals surface area contributed by atoms with E-state index in [9.17, 15) is 9.90 Å². The predicted octanol–water partition coefficient (Wildman–Crippen LogP) is 5.06. The topological polar surface area (TPSA) is 62.9 Å². The largest absolute Gasteiger partial charge is 0.492 e. The number of nitrogens with zero attached hydrogens (tertiary/aromatic N) is 1. The summed E-state index contributed by atoms with van der Waals surface area (Å²) in [5, 5.41) is 10.1. The first-order valence-corrected chi connectivity index (χ1v) is 11.7. The van der Waals surface area contributed by atoms with Gasteiger partial charge in [-0.25, -0.2) is 0 Å². The van der Waals surface area contributed by atoms with Crippen LogP contribution in [0.5, 0.6) is 5.75 Å². The van der Waals surface area contributed by atoms with Crippen molar-refractivity contribution in [3.63, 3.8) is 0 Å². The molecule has 1 N–H and O–H groups in total. The number of rotatable bonds is 9. The quantitative estimate of drug-likeness (QED) is 0.509. The van der Waals surface area contributed by atoms with Gasteiger partial charge in [-0.05, 0) is 43.4 Å². The van der Waals surface area contributed by atoms with Gasteiger partial charge < -0.3 is 14.3 Å². The predicted molar refractivity (Wildman–Crippen MR) is 127 cm³/mol. The van der Waals surface area contributed by atoms with Gasteiger partial charge in [-0.15, -0.1) is 0 Å². The fourth-order valence-electron chi connectivity index (χ4n) is 4.52. The van der Waals surface area contributed by atoms with Gasteiger partial charge in [-0.1, -0.05) is 55.2 Å². The molecule has 2 aromatic carbocycles. The molecule has 1 fully saturated rings. The lowest BCUT2D eigenvalue weighted by atomic mass is 9.90. The van der Waals surface area contributed by atoms with Crippen molar-refractivity contribution in [2.24, 2.45) is 5.92 Å². The highest BCUT2D eigenvalue weighted by Gasteiger charge is 2.18. The Hall–Kier alpha value is -2.63. The summed E-state index contributed by atoms with van der Waals surface area (Å²) in [6.07, 6.45) is 7.77. The molecule has 4 rings (SSSR count). The second-order valence-corrected chi connectivity index (χ2v) is 8.95. The second-order valence-electron chi connectivity index (χ2n) is 8.95. The average molecular weight is 436 g/mol. The molecule has 1 heterocycles. The van der Waals surface area contributed by atoms with E-state index in [4.69, 9.17) is 9.15 Å². The van der Waals surface area contributed by atoms with E-state index in [0.29, 0.717) is 54.4 Å². The third kappa shape index (κ3) is 5.59. The number of hydrogen-bond donors (Lipinski definition) is 1. The molecule has 5 heteroatoms. The van der Waals surface area contributed by atoms with Crippen LogP contribution in [0.4, 0.5) is 0 Å². The molecule has 1 aromatic heterocycles. The zero-order valence-electron chi connectivity index (χ0n) is 18.9. The highest BCUT2D eigenvalue weighted by Crippen LogP contribution is 2.27. The first kappa shape index (κ1) is 22.6. The van der Waals surface area contributed by atoms with Gasteiger partial charge in [0.05, 0.1) is 19.5 Å². The summed E-state index contributed by atoms with van der Waals surface area (Å²) < 4.78 is 12.0. The molecule has 1 saturated carbocycles. The van der Waals surface area contributed by atoms with Crippen molar-refractivity contribution >= 4 is 11.0 Å². The molecular weight excluding hydrogens is 402 g/mol. The summed E-state index contributed by atoms with van der Waals surface area (Å²) in [6, 6.07) is 13.9. The molecule has 3 aromatic rings. The maximum absolute atomic E-state index is 13.4. The number of aliphatic hydroxyl groups excluding tert-OH is 1. The van der Waals surface area contributed by atoms with Gasteiger partial charge in [0.1, 0.15) is 16.7 Å². The average Bonchev–Trinajstić information content (AvgIpc) is 2.82. The third-order valence-electron chi connectivity index (χ3n) is 6.37. The molecule has 32 heavy (non-hydrogen) atoms. The molecule has 0 bridgehead atoms. The minimum Gasteiger partial charge on any atom is -0.492 e. The summed E-state index contributed by atoms with van der Waals surface area (Å²) in [5.74, 6) is 1.17. The smallest absolute Gasteiger partial charge is 0.200 e. The molecule has 5 nitrogen and oxygen atoms in total. The van der Waals surface area contributed by atoms with Crippen molar-refractivity contribution in [2.75, 3.05) is 19.8 Å². The van der Waals surface area contributed by atoms with E-state index in [2.05, 4.69) is 36.1 Å². The third-order valence-corrected chi connectivity index (χ3v) is 6.37. The zero-order valence-corrected chi connectivity index (χ0v) is 18.9. The summed E-state index contributed by atoms with van der Waals surface area (Å²) >= 11 is 0. The molecule has 0 radical (unpaired) electrons. The number of aliphatic hydroxyl groups is 1. The van der Waals surface area contributed by atoms with Gasteiger partial charge in [0.2, 0.25) is 5.43 Å². The first-order valence-electron chi connectivity index (χ1n) is 11.7. The van der Waals surface area contributed by atoms with Crippen LogP contribution >= 0.6 is 0 Å². The monoisotopic (exact) mass is 435 g/mol. The van der Waals surface area contributed by atoms with E-state index in [-0.39, 0.29) is 12.0 Å². The van der Waals surface area contributed by atoms with Gasteiger partial charge in [-0.2, -0.15) is 0 Å².